The van der Waals surface area contributed by atoms with E-state index < -0.39 is 0 Å². The summed E-state index contributed by atoms with van der Waals surface area (Å²) in [6.07, 6.45) is 7.10. The molecule has 2 atom stereocenters. The minimum atomic E-state index is 0.444. The second-order valence-electron chi connectivity index (χ2n) is 5.28. The Kier molecular flexibility index (Phi) is 5.17. The van der Waals surface area contributed by atoms with Gasteiger partial charge in [-0.25, -0.2) is 0 Å². The number of nitrogens with zero attached hydrogens (tertiary/aromatic N) is 2. The van der Waals surface area contributed by atoms with Gasteiger partial charge in [0.1, 0.15) is 0 Å². The Morgan fingerprint density at radius 3 is 3.00 bits per heavy atom. The average molecular weight is 251 g/mol. The first-order chi connectivity index (χ1) is 8.85. The molecule has 4 nitrogen and oxygen atoms in total. The van der Waals surface area contributed by atoms with Crippen molar-refractivity contribution in [2.75, 3.05) is 13.1 Å². The average Bonchev–Trinajstić information content (AvgIpc) is 2.90. The van der Waals surface area contributed by atoms with Crippen LogP contribution in [0.4, 0.5) is 0 Å². The first kappa shape index (κ1) is 13.5. The fourth-order valence-electron chi connectivity index (χ4n) is 2.60. The lowest BCUT2D eigenvalue weighted by Crippen LogP contribution is -2.28. The van der Waals surface area contributed by atoms with Crippen LogP contribution in [0.3, 0.4) is 0 Å². The monoisotopic (exact) mass is 251 g/mol. The number of unbranched alkanes of at least 4 members (excludes halogenated alkanes) is 1. The third-order valence-electron chi connectivity index (χ3n) is 3.87. The van der Waals surface area contributed by atoms with Crippen LogP contribution < -0.4 is 5.32 Å². The van der Waals surface area contributed by atoms with Crippen LogP contribution in [0, 0.1) is 0 Å². The third-order valence-corrected chi connectivity index (χ3v) is 3.87. The summed E-state index contributed by atoms with van der Waals surface area (Å²) < 4.78 is 5.48. The molecule has 0 bridgehead atoms. The van der Waals surface area contributed by atoms with Crippen molar-refractivity contribution in [1.29, 1.82) is 0 Å². The normalized spacial score (nSPS) is 22.0. The maximum atomic E-state index is 5.48. The van der Waals surface area contributed by atoms with Gasteiger partial charge >= 0.3 is 0 Å². The molecule has 102 valence electrons. The van der Waals surface area contributed by atoms with Crippen LogP contribution in [-0.2, 0) is 0 Å². The van der Waals surface area contributed by atoms with E-state index in [1.807, 2.05) is 0 Å². The highest BCUT2D eigenvalue weighted by molar-refractivity contribution is 5.01. The number of hydrogen-bond donors (Lipinski definition) is 1. The molecule has 1 saturated heterocycles. The van der Waals surface area contributed by atoms with E-state index in [-0.39, 0.29) is 0 Å². The fourth-order valence-corrected chi connectivity index (χ4v) is 2.60. The summed E-state index contributed by atoms with van der Waals surface area (Å²) in [6.45, 7) is 6.53. The second kappa shape index (κ2) is 6.88. The summed E-state index contributed by atoms with van der Waals surface area (Å²) >= 11 is 0. The highest BCUT2D eigenvalue weighted by Gasteiger charge is 2.23. The summed E-state index contributed by atoms with van der Waals surface area (Å²) in [7, 11) is 0. The maximum absolute atomic E-state index is 5.48. The fraction of sp³-hybridized carbons (Fsp3) is 0.857. The van der Waals surface area contributed by atoms with E-state index >= 15 is 0 Å². The molecule has 2 heterocycles. The molecule has 1 aromatic heterocycles. The molecule has 0 aromatic carbocycles. The molecule has 0 amide bonds. The molecular formula is C14H25N3O. The van der Waals surface area contributed by atoms with Crippen LogP contribution in [0.25, 0.3) is 0 Å². The van der Waals surface area contributed by atoms with E-state index in [4.69, 9.17) is 4.52 Å². The quantitative estimate of drug-likeness (QED) is 0.843. The van der Waals surface area contributed by atoms with Gasteiger partial charge in [-0.3, -0.25) is 0 Å². The summed E-state index contributed by atoms with van der Waals surface area (Å²) in [5, 5.41) is 7.59. The summed E-state index contributed by atoms with van der Waals surface area (Å²) in [6, 6.07) is 0. The molecule has 1 fully saturated rings. The van der Waals surface area contributed by atoms with Crippen molar-refractivity contribution in [3.63, 3.8) is 0 Å². The molecular weight excluding hydrogens is 226 g/mol. The summed E-state index contributed by atoms with van der Waals surface area (Å²) in [4.78, 5) is 4.64. The molecule has 0 aliphatic carbocycles. The largest absolute Gasteiger partial charge is 0.339 e. The molecule has 18 heavy (non-hydrogen) atoms. The highest BCUT2D eigenvalue weighted by Crippen LogP contribution is 2.27. The first-order valence-electron chi connectivity index (χ1n) is 7.39. The zero-order valence-electron chi connectivity index (χ0n) is 11.6. The van der Waals surface area contributed by atoms with Crippen molar-refractivity contribution in [3.8, 4) is 0 Å². The van der Waals surface area contributed by atoms with Crippen molar-refractivity contribution in [3.05, 3.63) is 11.7 Å². The molecule has 0 radical (unpaired) electrons. The molecule has 1 aromatic rings. The standard InChI is InChI=1S/C14H25N3O/c1-3-5-7-11(4-2)14-16-13(17-18-14)12-8-6-9-15-10-12/h11-12,15H,3-10H2,1-2H3. The van der Waals surface area contributed by atoms with Crippen LogP contribution >= 0.6 is 0 Å². The van der Waals surface area contributed by atoms with Crippen molar-refractivity contribution in [1.82, 2.24) is 15.5 Å². The Labute approximate surface area is 110 Å². The topological polar surface area (TPSA) is 51.0 Å². The van der Waals surface area contributed by atoms with Crippen molar-refractivity contribution in [2.24, 2.45) is 0 Å². The van der Waals surface area contributed by atoms with Crippen LogP contribution in [0.15, 0.2) is 4.52 Å². The molecule has 1 aliphatic rings. The van der Waals surface area contributed by atoms with E-state index in [0.29, 0.717) is 11.8 Å². The molecule has 2 unspecified atom stereocenters. The van der Waals surface area contributed by atoms with Gasteiger partial charge in [-0.15, -0.1) is 0 Å². The molecule has 4 heteroatoms. The van der Waals surface area contributed by atoms with E-state index in [9.17, 15) is 0 Å². The van der Waals surface area contributed by atoms with Crippen LogP contribution in [-0.4, -0.2) is 23.2 Å². The smallest absolute Gasteiger partial charge is 0.229 e. The number of piperidine rings is 1. The molecule has 2 rings (SSSR count). The van der Waals surface area contributed by atoms with Gasteiger partial charge in [-0.1, -0.05) is 31.8 Å². The predicted molar refractivity (Wildman–Crippen MR) is 71.7 cm³/mol. The van der Waals surface area contributed by atoms with Gasteiger partial charge in [0.2, 0.25) is 5.89 Å². The Morgan fingerprint density at radius 1 is 1.44 bits per heavy atom. The van der Waals surface area contributed by atoms with E-state index in [1.165, 1.54) is 25.7 Å². The third kappa shape index (κ3) is 3.31. The van der Waals surface area contributed by atoms with E-state index in [1.54, 1.807) is 0 Å². The Balaban J connectivity index is 1.98. The Bertz CT molecular complexity index is 345. The van der Waals surface area contributed by atoms with Crippen LogP contribution in [0.1, 0.15) is 75.9 Å². The van der Waals surface area contributed by atoms with Crippen molar-refractivity contribution >= 4 is 0 Å². The lowest BCUT2D eigenvalue weighted by molar-refractivity contribution is 0.331. The molecule has 0 saturated carbocycles. The zero-order valence-corrected chi connectivity index (χ0v) is 11.6. The lowest BCUT2D eigenvalue weighted by Gasteiger charge is -2.19. The SMILES string of the molecule is CCCCC(CC)c1nc(C2CCCNC2)no1. The zero-order chi connectivity index (χ0) is 12.8. The van der Waals surface area contributed by atoms with Crippen molar-refractivity contribution < 1.29 is 4.52 Å². The maximum Gasteiger partial charge on any atom is 0.229 e. The molecule has 1 N–H and O–H groups in total. The van der Waals surface area contributed by atoms with Gasteiger partial charge in [0.25, 0.3) is 0 Å². The number of hydrogen-bond acceptors (Lipinski definition) is 4. The van der Waals surface area contributed by atoms with Gasteiger partial charge in [0, 0.05) is 18.4 Å². The summed E-state index contributed by atoms with van der Waals surface area (Å²) in [5.41, 5.74) is 0. The highest BCUT2D eigenvalue weighted by atomic mass is 16.5. The van der Waals surface area contributed by atoms with Crippen LogP contribution in [0.2, 0.25) is 0 Å². The van der Waals surface area contributed by atoms with Crippen LogP contribution in [0.5, 0.6) is 0 Å². The van der Waals surface area contributed by atoms with Crippen molar-refractivity contribution in [2.45, 2.75) is 64.2 Å². The first-order valence-corrected chi connectivity index (χ1v) is 7.39. The van der Waals surface area contributed by atoms with E-state index in [2.05, 4.69) is 29.3 Å². The van der Waals surface area contributed by atoms with Gasteiger partial charge in [-0.05, 0) is 32.2 Å². The van der Waals surface area contributed by atoms with E-state index in [0.717, 1.165) is 37.6 Å². The minimum Gasteiger partial charge on any atom is -0.339 e. The van der Waals surface area contributed by atoms with Gasteiger partial charge in [-0.2, -0.15) is 4.98 Å². The number of nitrogens with one attached hydrogen (secondary N) is 1. The second-order valence-corrected chi connectivity index (χ2v) is 5.28. The predicted octanol–water partition coefficient (Wildman–Crippen LogP) is 3.22. The number of aromatic nitrogens is 2. The van der Waals surface area contributed by atoms with Gasteiger partial charge in [0.15, 0.2) is 5.82 Å². The van der Waals surface area contributed by atoms with Gasteiger partial charge < -0.3 is 9.84 Å². The van der Waals surface area contributed by atoms with Gasteiger partial charge in [0.05, 0.1) is 0 Å². The summed E-state index contributed by atoms with van der Waals surface area (Å²) in [5.74, 6) is 2.65. The molecule has 0 spiro atoms. The molecule has 1 aliphatic heterocycles. The Morgan fingerprint density at radius 2 is 2.33 bits per heavy atom. The number of rotatable bonds is 6. The minimum absolute atomic E-state index is 0.444. The Hall–Kier alpha value is -0.900. The lowest BCUT2D eigenvalue weighted by atomic mass is 9.98.